The van der Waals surface area contributed by atoms with Crippen LogP contribution in [0.5, 0.6) is 0 Å². The zero-order chi connectivity index (χ0) is 8.81. The van der Waals surface area contributed by atoms with E-state index in [4.69, 9.17) is 5.11 Å². The van der Waals surface area contributed by atoms with Gasteiger partial charge >= 0.3 is 0 Å². The van der Waals surface area contributed by atoms with Gasteiger partial charge in [0, 0.05) is 12.6 Å². The molecule has 0 aromatic carbocycles. The Bertz CT molecular complexity index is 119. The van der Waals surface area contributed by atoms with E-state index in [1.807, 2.05) is 0 Å². The van der Waals surface area contributed by atoms with Crippen LogP contribution in [0.15, 0.2) is 0 Å². The highest BCUT2D eigenvalue weighted by Crippen LogP contribution is 2.16. The van der Waals surface area contributed by atoms with Gasteiger partial charge in [0.15, 0.2) is 0 Å². The van der Waals surface area contributed by atoms with Crippen molar-refractivity contribution in [2.24, 2.45) is 0 Å². The van der Waals surface area contributed by atoms with Crippen LogP contribution >= 0.6 is 0 Å². The van der Waals surface area contributed by atoms with Crippen LogP contribution in [0, 0.1) is 0 Å². The average Bonchev–Trinajstić information content (AvgIpc) is 2.46. The molecule has 0 saturated carbocycles. The largest absolute Gasteiger partial charge is 0.395 e. The Balaban J connectivity index is 1.98. The van der Waals surface area contributed by atoms with Gasteiger partial charge in [-0.05, 0) is 39.4 Å². The molecule has 0 aromatic rings. The third-order valence-corrected chi connectivity index (χ3v) is 2.61. The highest BCUT2D eigenvalue weighted by atomic mass is 16.3. The first kappa shape index (κ1) is 9.96. The summed E-state index contributed by atoms with van der Waals surface area (Å²) in [7, 11) is 2.20. The molecule has 72 valence electrons. The minimum Gasteiger partial charge on any atom is -0.395 e. The Morgan fingerprint density at radius 3 is 2.92 bits per heavy atom. The molecule has 1 rings (SSSR count). The van der Waals surface area contributed by atoms with Crippen molar-refractivity contribution in [2.45, 2.75) is 25.3 Å². The van der Waals surface area contributed by atoms with Gasteiger partial charge in [-0.25, -0.2) is 0 Å². The van der Waals surface area contributed by atoms with Crippen molar-refractivity contribution in [1.82, 2.24) is 10.2 Å². The average molecular weight is 172 g/mol. The van der Waals surface area contributed by atoms with Crippen molar-refractivity contribution in [1.29, 1.82) is 0 Å². The highest BCUT2D eigenvalue weighted by molar-refractivity contribution is 4.76. The van der Waals surface area contributed by atoms with Gasteiger partial charge in [0.2, 0.25) is 0 Å². The van der Waals surface area contributed by atoms with E-state index < -0.39 is 0 Å². The molecule has 3 heteroatoms. The molecule has 1 atom stereocenters. The predicted octanol–water partition coefficient (Wildman–Crippen LogP) is 0.0526. The number of rotatable bonds is 5. The summed E-state index contributed by atoms with van der Waals surface area (Å²) >= 11 is 0. The molecule has 12 heavy (non-hydrogen) atoms. The number of aliphatic hydroxyl groups is 1. The third kappa shape index (κ3) is 3.09. The molecule has 0 aliphatic carbocycles. The molecule has 1 heterocycles. The second-order valence-corrected chi connectivity index (χ2v) is 3.54. The number of aliphatic hydroxyl groups excluding tert-OH is 1. The Hall–Kier alpha value is -0.120. The van der Waals surface area contributed by atoms with E-state index in [2.05, 4.69) is 17.3 Å². The molecule has 0 amide bonds. The van der Waals surface area contributed by atoms with E-state index >= 15 is 0 Å². The zero-order valence-electron chi connectivity index (χ0n) is 7.92. The number of hydrogen-bond donors (Lipinski definition) is 2. The molecule has 1 fully saturated rings. The molecule has 0 radical (unpaired) electrons. The van der Waals surface area contributed by atoms with Gasteiger partial charge in [-0.15, -0.1) is 0 Å². The Morgan fingerprint density at radius 1 is 1.50 bits per heavy atom. The summed E-state index contributed by atoms with van der Waals surface area (Å²) in [5.74, 6) is 0. The van der Waals surface area contributed by atoms with Crippen molar-refractivity contribution in [3.05, 3.63) is 0 Å². The summed E-state index contributed by atoms with van der Waals surface area (Å²) in [4.78, 5) is 2.43. The number of hydrogen-bond acceptors (Lipinski definition) is 3. The first-order chi connectivity index (χ1) is 5.84. The molecule has 3 nitrogen and oxygen atoms in total. The van der Waals surface area contributed by atoms with E-state index in [9.17, 15) is 0 Å². The Morgan fingerprint density at radius 2 is 2.33 bits per heavy atom. The summed E-state index contributed by atoms with van der Waals surface area (Å²) < 4.78 is 0. The lowest BCUT2D eigenvalue weighted by Crippen LogP contribution is -2.30. The van der Waals surface area contributed by atoms with Crippen LogP contribution in [-0.4, -0.2) is 49.3 Å². The SMILES string of the molecule is CN1CCCC1CCNCCO. The van der Waals surface area contributed by atoms with Crippen molar-refractivity contribution in [3.8, 4) is 0 Å². The fourth-order valence-electron chi connectivity index (χ4n) is 1.82. The summed E-state index contributed by atoms with van der Waals surface area (Å²) in [5, 5.41) is 11.7. The number of nitrogens with one attached hydrogen (secondary N) is 1. The zero-order valence-corrected chi connectivity index (χ0v) is 7.92. The first-order valence-electron chi connectivity index (χ1n) is 4.86. The second kappa shape index (κ2) is 5.51. The van der Waals surface area contributed by atoms with Crippen LogP contribution in [-0.2, 0) is 0 Å². The molecule has 0 spiro atoms. The van der Waals surface area contributed by atoms with Crippen molar-refractivity contribution in [2.75, 3.05) is 33.3 Å². The number of likely N-dealkylation sites (tertiary alicyclic amines) is 1. The normalized spacial score (nSPS) is 25.0. The fourth-order valence-corrected chi connectivity index (χ4v) is 1.82. The standard InChI is InChI=1S/C9H20N2O/c1-11-7-2-3-9(11)4-5-10-6-8-12/h9-10,12H,2-8H2,1H3. The maximum absolute atomic E-state index is 8.54. The second-order valence-electron chi connectivity index (χ2n) is 3.54. The lowest BCUT2D eigenvalue weighted by molar-refractivity contribution is 0.275. The van der Waals surface area contributed by atoms with Crippen LogP contribution in [0.1, 0.15) is 19.3 Å². The monoisotopic (exact) mass is 172 g/mol. The molecular formula is C9H20N2O. The smallest absolute Gasteiger partial charge is 0.0555 e. The predicted molar refractivity (Wildman–Crippen MR) is 50.2 cm³/mol. The van der Waals surface area contributed by atoms with Crippen LogP contribution in [0.2, 0.25) is 0 Å². The lowest BCUT2D eigenvalue weighted by atomic mass is 10.1. The summed E-state index contributed by atoms with van der Waals surface area (Å²) in [6.07, 6.45) is 3.91. The van der Waals surface area contributed by atoms with E-state index in [1.165, 1.54) is 25.8 Å². The molecule has 1 aliphatic heterocycles. The molecule has 1 saturated heterocycles. The molecule has 1 unspecified atom stereocenters. The molecule has 2 N–H and O–H groups in total. The van der Waals surface area contributed by atoms with E-state index in [0.29, 0.717) is 0 Å². The Labute approximate surface area is 74.8 Å². The molecule has 0 bridgehead atoms. The molecule has 1 aliphatic rings. The van der Waals surface area contributed by atoms with Gasteiger partial charge in [-0.1, -0.05) is 0 Å². The summed E-state index contributed by atoms with van der Waals surface area (Å²) in [6.45, 7) is 3.27. The van der Waals surface area contributed by atoms with Gasteiger partial charge < -0.3 is 15.3 Å². The lowest BCUT2D eigenvalue weighted by Gasteiger charge is -2.19. The topological polar surface area (TPSA) is 35.5 Å². The minimum absolute atomic E-state index is 0.251. The van der Waals surface area contributed by atoms with Gasteiger partial charge in [0.1, 0.15) is 0 Å². The van der Waals surface area contributed by atoms with Gasteiger partial charge in [0.25, 0.3) is 0 Å². The van der Waals surface area contributed by atoms with Crippen LogP contribution in [0.3, 0.4) is 0 Å². The van der Waals surface area contributed by atoms with Crippen molar-refractivity contribution < 1.29 is 5.11 Å². The summed E-state index contributed by atoms with van der Waals surface area (Å²) in [6, 6.07) is 0.774. The minimum atomic E-state index is 0.251. The number of nitrogens with zero attached hydrogens (tertiary/aromatic N) is 1. The third-order valence-electron chi connectivity index (χ3n) is 2.61. The van der Waals surface area contributed by atoms with Crippen LogP contribution in [0.4, 0.5) is 0 Å². The Kier molecular flexibility index (Phi) is 4.58. The first-order valence-corrected chi connectivity index (χ1v) is 4.86. The van der Waals surface area contributed by atoms with Gasteiger partial charge in [-0.3, -0.25) is 0 Å². The van der Waals surface area contributed by atoms with Gasteiger partial charge in [-0.2, -0.15) is 0 Å². The van der Waals surface area contributed by atoms with Crippen LogP contribution < -0.4 is 5.32 Å². The maximum atomic E-state index is 8.54. The molecular weight excluding hydrogens is 152 g/mol. The van der Waals surface area contributed by atoms with Crippen molar-refractivity contribution >= 4 is 0 Å². The van der Waals surface area contributed by atoms with Crippen LogP contribution in [0.25, 0.3) is 0 Å². The van der Waals surface area contributed by atoms with Gasteiger partial charge in [0.05, 0.1) is 6.61 Å². The van der Waals surface area contributed by atoms with Crippen molar-refractivity contribution in [3.63, 3.8) is 0 Å². The quantitative estimate of drug-likeness (QED) is 0.575. The fraction of sp³-hybridized carbons (Fsp3) is 1.00. The maximum Gasteiger partial charge on any atom is 0.0555 e. The molecule has 0 aromatic heterocycles. The highest BCUT2D eigenvalue weighted by Gasteiger charge is 2.19. The van der Waals surface area contributed by atoms with E-state index in [0.717, 1.165) is 19.1 Å². The summed E-state index contributed by atoms with van der Waals surface area (Å²) in [5.41, 5.74) is 0. The van der Waals surface area contributed by atoms with E-state index in [1.54, 1.807) is 0 Å². The van der Waals surface area contributed by atoms with E-state index in [-0.39, 0.29) is 6.61 Å².